The Morgan fingerprint density at radius 3 is 2.50 bits per heavy atom. The average molecular weight is 301 g/mol. The summed E-state index contributed by atoms with van der Waals surface area (Å²) in [6.45, 7) is 3.85. The summed E-state index contributed by atoms with van der Waals surface area (Å²) in [4.78, 5) is 23.4. The fraction of sp³-hybridized carbons (Fsp3) is 0.312. The van der Waals surface area contributed by atoms with E-state index in [4.69, 9.17) is 0 Å². The summed E-state index contributed by atoms with van der Waals surface area (Å²) in [5, 5.41) is 7.10. The van der Waals surface area contributed by atoms with Gasteiger partial charge < -0.3 is 10.1 Å². The number of esters is 1. The van der Waals surface area contributed by atoms with Gasteiger partial charge in [-0.2, -0.15) is 5.10 Å². The van der Waals surface area contributed by atoms with Crippen LogP contribution in [0.3, 0.4) is 0 Å². The van der Waals surface area contributed by atoms with Gasteiger partial charge in [0.05, 0.1) is 24.4 Å². The number of hydrogen-bond acceptors (Lipinski definition) is 4. The minimum Gasteiger partial charge on any atom is -0.465 e. The lowest BCUT2D eigenvalue weighted by atomic mass is 10.2. The number of aromatic nitrogens is 2. The second-order valence-electron chi connectivity index (χ2n) is 5.11. The first kappa shape index (κ1) is 15.8. The molecular formula is C16H19N3O3. The maximum Gasteiger partial charge on any atom is 0.337 e. The van der Waals surface area contributed by atoms with Crippen LogP contribution in [0.5, 0.6) is 0 Å². The zero-order chi connectivity index (χ0) is 16.1. The molecule has 1 heterocycles. The third kappa shape index (κ3) is 3.94. The molecule has 6 nitrogen and oxygen atoms in total. The molecule has 0 aliphatic carbocycles. The van der Waals surface area contributed by atoms with Gasteiger partial charge in [-0.1, -0.05) is 0 Å². The number of carbonyl (C=O) groups is 2. The third-order valence-electron chi connectivity index (χ3n) is 3.26. The molecule has 0 radical (unpaired) electrons. The minimum absolute atomic E-state index is 0.0250. The van der Waals surface area contributed by atoms with Crippen molar-refractivity contribution in [2.24, 2.45) is 0 Å². The summed E-state index contributed by atoms with van der Waals surface area (Å²) >= 11 is 0. The fourth-order valence-electron chi connectivity index (χ4n) is 2.06. The summed E-state index contributed by atoms with van der Waals surface area (Å²) in [5.74, 6) is -0.507. The molecule has 0 spiro atoms. The second kappa shape index (κ2) is 6.89. The maximum atomic E-state index is 12.0. The van der Waals surface area contributed by atoms with Gasteiger partial charge in [-0.25, -0.2) is 4.79 Å². The van der Waals surface area contributed by atoms with Crippen molar-refractivity contribution in [3.63, 3.8) is 0 Å². The monoisotopic (exact) mass is 301 g/mol. The van der Waals surface area contributed by atoms with E-state index in [1.807, 2.05) is 26.1 Å². The van der Waals surface area contributed by atoms with Crippen molar-refractivity contribution in [2.45, 2.75) is 26.3 Å². The summed E-state index contributed by atoms with van der Waals surface area (Å²) in [5.41, 5.74) is 2.01. The Bertz CT molecular complexity index is 662. The van der Waals surface area contributed by atoms with E-state index in [0.29, 0.717) is 17.7 Å². The van der Waals surface area contributed by atoms with Crippen LogP contribution in [0.1, 0.15) is 35.4 Å². The van der Waals surface area contributed by atoms with E-state index >= 15 is 0 Å². The molecule has 0 saturated heterocycles. The van der Waals surface area contributed by atoms with Crippen molar-refractivity contribution in [3.8, 4) is 0 Å². The molecule has 1 aromatic carbocycles. The smallest absolute Gasteiger partial charge is 0.337 e. The molecule has 2 rings (SSSR count). The molecule has 2 aromatic rings. The van der Waals surface area contributed by atoms with Gasteiger partial charge in [0.25, 0.3) is 0 Å². The number of carbonyl (C=O) groups excluding carboxylic acids is 2. The number of rotatable bonds is 5. The topological polar surface area (TPSA) is 73.2 Å². The summed E-state index contributed by atoms with van der Waals surface area (Å²) in [6, 6.07) is 8.45. The lowest BCUT2D eigenvalue weighted by molar-refractivity contribution is -0.116. The van der Waals surface area contributed by atoms with Crippen LogP contribution in [0.15, 0.2) is 36.5 Å². The number of hydrogen-bond donors (Lipinski definition) is 1. The number of benzene rings is 1. The minimum atomic E-state index is -0.402. The first-order valence-corrected chi connectivity index (χ1v) is 6.99. The van der Waals surface area contributed by atoms with E-state index in [-0.39, 0.29) is 11.9 Å². The molecule has 6 heteroatoms. The van der Waals surface area contributed by atoms with Crippen LogP contribution in [0.4, 0.5) is 5.69 Å². The van der Waals surface area contributed by atoms with Gasteiger partial charge in [-0.15, -0.1) is 0 Å². The Labute approximate surface area is 129 Å². The zero-order valence-corrected chi connectivity index (χ0v) is 12.9. The number of ether oxygens (including phenoxy) is 1. The maximum absolute atomic E-state index is 12.0. The van der Waals surface area contributed by atoms with Crippen LogP contribution in [0, 0.1) is 6.92 Å². The highest BCUT2D eigenvalue weighted by molar-refractivity contribution is 5.93. The first-order valence-electron chi connectivity index (χ1n) is 6.99. The summed E-state index contributed by atoms with van der Waals surface area (Å²) in [7, 11) is 1.33. The van der Waals surface area contributed by atoms with Gasteiger partial charge >= 0.3 is 5.97 Å². The summed E-state index contributed by atoms with van der Waals surface area (Å²) < 4.78 is 6.40. The average Bonchev–Trinajstić information content (AvgIpc) is 2.94. The Morgan fingerprint density at radius 2 is 1.95 bits per heavy atom. The van der Waals surface area contributed by atoms with Crippen molar-refractivity contribution < 1.29 is 14.3 Å². The number of anilines is 1. The van der Waals surface area contributed by atoms with Gasteiger partial charge in [0, 0.05) is 18.3 Å². The largest absolute Gasteiger partial charge is 0.465 e. The van der Waals surface area contributed by atoms with Gasteiger partial charge in [-0.05, 0) is 44.2 Å². The Balaban J connectivity index is 1.93. The first-order chi connectivity index (χ1) is 10.5. The Hall–Kier alpha value is -2.63. The highest BCUT2D eigenvalue weighted by atomic mass is 16.5. The molecule has 0 aliphatic rings. The molecule has 0 fully saturated rings. The number of amides is 1. The van der Waals surface area contributed by atoms with Gasteiger partial charge in [-0.3, -0.25) is 9.48 Å². The van der Waals surface area contributed by atoms with Crippen molar-refractivity contribution >= 4 is 17.6 Å². The quantitative estimate of drug-likeness (QED) is 0.861. The van der Waals surface area contributed by atoms with Crippen LogP contribution in [-0.4, -0.2) is 28.8 Å². The van der Waals surface area contributed by atoms with Crippen molar-refractivity contribution in [2.75, 3.05) is 12.4 Å². The molecule has 0 bridgehead atoms. The fourth-order valence-corrected chi connectivity index (χ4v) is 2.06. The van der Waals surface area contributed by atoms with Crippen LogP contribution < -0.4 is 5.32 Å². The van der Waals surface area contributed by atoms with E-state index in [0.717, 1.165) is 5.69 Å². The van der Waals surface area contributed by atoms with E-state index in [1.54, 1.807) is 28.9 Å². The molecule has 0 aliphatic heterocycles. The highest BCUT2D eigenvalue weighted by Gasteiger charge is 2.12. The molecule has 22 heavy (non-hydrogen) atoms. The molecule has 1 aromatic heterocycles. The number of aryl methyl sites for hydroxylation is 1. The van der Waals surface area contributed by atoms with Crippen molar-refractivity contribution in [3.05, 3.63) is 47.8 Å². The van der Waals surface area contributed by atoms with Crippen LogP contribution in [0.25, 0.3) is 0 Å². The molecule has 1 atom stereocenters. The zero-order valence-electron chi connectivity index (χ0n) is 12.9. The van der Waals surface area contributed by atoms with E-state index in [2.05, 4.69) is 15.2 Å². The lowest BCUT2D eigenvalue weighted by Crippen LogP contribution is -2.18. The van der Waals surface area contributed by atoms with Crippen molar-refractivity contribution in [1.82, 2.24) is 9.78 Å². The molecule has 116 valence electrons. The van der Waals surface area contributed by atoms with E-state index in [1.165, 1.54) is 7.11 Å². The SMILES string of the molecule is COC(=O)c1ccc(NC(=O)C[C@@H](C)n2ccc(C)n2)cc1. The second-order valence-corrected chi connectivity index (χ2v) is 5.11. The van der Waals surface area contributed by atoms with Gasteiger partial charge in [0.1, 0.15) is 0 Å². The molecule has 1 N–H and O–H groups in total. The van der Waals surface area contributed by atoms with Gasteiger partial charge in [0.15, 0.2) is 0 Å². The third-order valence-corrected chi connectivity index (χ3v) is 3.26. The van der Waals surface area contributed by atoms with Crippen LogP contribution in [-0.2, 0) is 9.53 Å². The predicted octanol–water partition coefficient (Wildman–Crippen LogP) is 2.57. The Morgan fingerprint density at radius 1 is 1.27 bits per heavy atom. The number of nitrogens with one attached hydrogen (secondary N) is 1. The summed E-state index contributed by atoms with van der Waals surface area (Å²) in [6.07, 6.45) is 2.18. The molecular weight excluding hydrogens is 282 g/mol. The van der Waals surface area contributed by atoms with Crippen molar-refractivity contribution in [1.29, 1.82) is 0 Å². The molecule has 0 unspecified atom stereocenters. The van der Waals surface area contributed by atoms with E-state index < -0.39 is 5.97 Å². The van der Waals surface area contributed by atoms with Gasteiger partial charge in [0.2, 0.25) is 5.91 Å². The number of nitrogens with zero attached hydrogens (tertiary/aromatic N) is 2. The standard InChI is InChI=1S/C16H19N3O3/c1-11-8-9-19(18-11)12(2)10-15(20)17-14-6-4-13(5-7-14)16(21)22-3/h4-9,12H,10H2,1-3H3,(H,17,20)/t12-/m1/s1. The van der Waals surface area contributed by atoms with Crippen LogP contribution in [0.2, 0.25) is 0 Å². The molecule has 1 amide bonds. The highest BCUT2D eigenvalue weighted by Crippen LogP contribution is 2.14. The predicted molar refractivity (Wildman–Crippen MR) is 82.7 cm³/mol. The lowest BCUT2D eigenvalue weighted by Gasteiger charge is -2.12. The van der Waals surface area contributed by atoms with E-state index in [9.17, 15) is 9.59 Å². The molecule has 0 saturated carbocycles. The van der Waals surface area contributed by atoms with Crippen LogP contribution >= 0.6 is 0 Å². The Kier molecular flexibility index (Phi) is 4.93. The number of methoxy groups -OCH3 is 1. The normalized spacial score (nSPS) is 11.8.